The summed E-state index contributed by atoms with van der Waals surface area (Å²) in [6.07, 6.45) is 5.45. The van der Waals surface area contributed by atoms with E-state index in [0.717, 1.165) is 25.2 Å². The van der Waals surface area contributed by atoms with Crippen LogP contribution in [0.3, 0.4) is 0 Å². The fraction of sp³-hybridized carbons (Fsp3) is 0.500. The summed E-state index contributed by atoms with van der Waals surface area (Å²) in [4.78, 5) is 18.6. The normalized spacial score (nSPS) is 12.1. The summed E-state index contributed by atoms with van der Waals surface area (Å²) < 4.78 is 1.95. The summed E-state index contributed by atoms with van der Waals surface area (Å²) in [5, 5.41) is 7.28. The molecule has 2 heterocycles. The largest absolute Gasteiger partial charge is 0.337 e. The number of thiophene rings is 1. The van der Waals surface area contributed by atoms with Crippen molar-refractivity contribution in [2.45, 2.75) is 39.3 Å². The van der Waals surface area contributed by atoms with Gasteiger partial charge in [0, 0.05) is 32.0 Å². The topological polar surface area (TPSA) is 50.2 Å². The lowest BCUT2D eigenvalue weighted by molar-refractivity contribution is 0.189. The molecule has 5 nitrogen and oxygen atoms in total. The van der Waals surface area contributed by atoms with Gasteiger partial charge in [0.05, 0.1) is 6.54 Å². The first kappa shape index (κ1) is 16.5. The highest BCUT2D eigenvalue weighted by atomic mass is 32.1. The highest BCUT2D eigenvalue weighted by Gasteiger charge is 2.17. The zero-order chi connectivity index (χ0) is 15.9. The van der Waals surface area contributed by atoms with Gasteiger partial charge in [0.15, 0.2) is 0 Å². The Morgan fingerprint density at radius 3 is 2.95 bits per heavy atom. The van der Waals surface area contributed by atoms with Gasteiger partial charge in [0.25, 0.3) is 0 Å². The summed E-state index contributed by atoms with van der Waals surface area (Å²) in [5.74, 6) is 0.897. The summed E-state index contributed by atoms with van der Waals surface area (Å²) in [6.45, 7) is 5.38. The number of hydrogen-bond acceptors (Lipinski definition) is 3. The number of amides is 2. The van der Waals surface area contributed by atoms with Gasteiger partial charge in [-0.05, 0) is 42.2 Å². The molecule has 0 aliphatic carbocycles. The number of imidazole rings is 1. The van der Waals surface area contributed by atoms with Gasteiger partial charge in [-0.15, -0.1) is 0 Å². The molecule has 0 saturated carbocycles. The predicted molar refractivity (Wildman–Crippen MR) is 89.9 cm³/mol. The molecule has 2 rings (SSSR count). The van der Waals surface area contributed by atoms with Crippen molar-refractivity contribution in [3.63, 3.8) is 0 Å². The standard InChI is InChI=1S/C16H24N4OS/c1-4-7-20(11-15-17-6-8-19(15)3)16(21)18-13(2)10-14-5-9-22-12-14/h5-6,8-9,12-13H,4,7,10-11H2,1-3H3,(H,18,21)/t13-/m0/s1. The maximum absolute atomic E-state index is 12.5. The van der Waals surface area contributed by atoms with E-state index in [0.29, 0.717) is 6.54 Å². The van der Waals surface area contributed by atoms with Crippen molar-refractivity contribution in [1.29, 1.82) is 0 Å². The Hall–Kier alpha value is -1.82. The Labute approximate surface area is 136 Å². The number of aryl methyl sites for hydroxylation is 1. The lowest BCUT2D eigenvalue weighted by Crippen LogP contribution is -2.44. The maximum Gasteiger partial charge on any atom is 0.318 e. The van der Waals surface area contributed by atoms with E-state index >= 15 is 0 Å². The van der Waals surface area contributed by atoms with Crippen molar-refractivity contribution in [2.75, 3.05) is 6.54 Å². The quantitative estimate of drug-likeness (QED) is 0.852. The third-order valence-electron chi connectivity index (χ3n) is 3.53. The number of carbonyl (C=O) groups is 1. The molecule has 120 valence electrons. The molecule has 0 aromatic carbocycles. The van der Waals surface area contributed by atoms with Gasteiger partial charge in [0.2, 0.25) is 0 Å². The maximum atomic E-state index is 12.5. The summed E-state index contributed by atoms with van der Waals surface area (Å²) >= 11 is 1.69. The molecule has 0 spiro atoms. The number of nitrogens with one attached hydrogen (secondary N) is 1. The van der Waals surface area contributed by atoms with Crippen LogP contribution in [0.2, 0.25) is 0 Å². The highest BCUT2D eigenvalue weighted by Crippen LogP contribution is 2.09. The third kappa shape index (κ3) is 4.59. The average Bonchev–Trinajstić information content (AvgIpc) is 3.10. The van der Waals surface area contributed by atoms with Crippen molar-refractivity contribution < 1.29 is 4.79 Å². The van der Waals surface area contributed by atoms with Gasteiger partial charge in [-0.1, -0.05) is 6.92 Å². The first-order valence-electron chi connectivity index (χ1n) is 7.62. The molecular formula is C16H24N4OS. The second-order valence-electron chi connectivity index (χ2n) is 5.56. The van der Waals surface area contributed by atoms with E-state index in [2.05, 4.69) is 34.1 Å². The number of urea groups is 1. The van der Waals surface area contributed by atoms with E-state index in [4.69, 9.17) is 0 Å². The monoisotopic (exact) mass is 320 g/mol. The van der Waals surface area contributed by atoms with E-state index in [1.807, 2.05) is 29.6 Å². The summed E-state index contributed by atoms with van der Waals surface area (Å²) in [6, 6.07) is 2.20. The number of aromatic nitrogens is 2. The summed E-state index contributed by atoms with van der Waals surface area (Å²) in [5.41, 5.74) is 1.27. The van der Waals surface area contributed by atoms with Gasteiger partial charge >= 0.3 is 6.03 Å². The van der Waals surface area contributed by atoms with Crippen LogP contribution in [0.5, 0.6) is 0 Å². The summed E-state index contributed by atoms with van der Waals surface area (Å²) in [7, 11) is 1.95. The van der Waals surface area contributed by atoms with Crippen LogP contribution < -0.4 is 5.32 Å². The lowest BCUT2D eigenvalue weighted by Gasteiger charge is -2.24. The van der Waals surface area contributed by atoms with Gasteiger partial charge in [0.1, 0.15) is 5.82 Å². The fourth-order valence-electron chi connectivity index (χ4n) is 2.36. The lowest BCUT2D eigenvalue weighted by atomic mass is 10.1. The molecule has 0 unspecified atom stereocenters. The van der Waals surface area contributed by atoms with Crippen molar-refractivity contribution in [1.82, 2.24) is 19.8 Å². The van der Waals surface area contributed by atoms with E-state index in [-0.39, 0.29) is 12.1 Å². The van der Waals surface area contributed by atoms with Gasteiger partial charge in [-0.3, -0.25) is 0 Å². The Kier molecular flexibility index (Phi) is 6.00. The van der Waals surface area contributed by atoms with Crippen molar-refractivity contribution in [3.8, 4) is 0 Å². The van der Waals surface area contributed by atoms with E-state index < -0.39 is 0 Å². The van der Waals surface area contributed by atoms with Crippen molar-refractivity contribution in [3.05, 3.63) is 40.6 Å². The van der Waals surface area contributed by atoms with Crippen molar-refractivity contribution >= 4 is 17.4 Å². The molecule has 1 atom stereocenters. The second-order valence-corrected chi connectivity index (χ2v) is 6.34. The Morgan fingerprint density at radius 2 is 2.36 bits per heavy atom. The van der Waals surface area contributed by atoms with Crippen LogP contribution in [-0.4, -0.2) is 33.1 Å². The van der Waals surface area contributed by atoms with Crippen molar-refractivity contribution in [2.24, 2.45) is 7.05 Å². The first-order valence-corrected chi connectivity index (χ1v) is 8.57. The molecule has 0 fully saturated rings. The smallest absolute Gasteiger partial charge is 0.318 e. The zero-order valence-corrected chi connectivity index (χ0v) is 14.3. The highest BCUT2D eigenvalue weighted by molar-refractivity contribution is 7.07. The molecule has 2 aromatic heterocycles. The van der Waals surface area contributed by atoms with E-state index in [9.17, 15) is 4.79 Å². The molecule has 6 heteroatoms. The minimum Gasteiger partial charge on any atom is -0.337 e. The third-order valence-corrected chi connectivity index (χ3v) is 4.26. The van der Waals surface area contributed by atoms with Crippen LogP contribution in [0.4, 0.5) is 4.79 Å². The number of rotatable bonds is 7. The number of hydrogen-bond donors (Lipinski definition) is 1. The van der Waals surface area contributed by atoms with E-state index in [1.165, 1.54) is 5.56 Å². The van der Waals surface area contributed by atoms with Gasteiger partial charge < -0.3 is 14.8 Å². The molecule has 0 aliphatic rings. The SMILES string of the molecule is CCCN(Cc1nccn1C)C(=O)N[C@@H](C)Cc1ccsc1. The average molecular weight is 320 g/mol. The minimum absolute atomic E-state index is 0.0208. The molecular weight excluding hydrogens is 296 g/mol. The van der Waals surface area contributed by atoms with Crippen LogP contribution in [0.15, 0.2) is 29.2 Å². The van der Waals surface area contributed by atoms with Gasteiger partial charge in [-0.2, -0.15) is 11.3 Å². The molecule has 1 N–H and O–H groups in total. The van der Waals surface area contributed by atoms with Crippen LogP contribution in [0, 0.1) is 0 Å². The van der Waals surface area contributed by atoms with Gasteiger partial charge in [-0.25, -0.2) is 9.78 Å². The zero-order valence-electron chi connectivity index (χ0n) is 13.5. The Bertz CT molecular complexity index is 579. The van der Waals surface area contributed by atoms with Crippen LogP contribution in [-0.2, 0) is 20.0 Å². The molecule has 2 amide bonds. The Morgan fingerprint density at radius 1 is 1.55 bits per heavy atom. The molecule has 0 saturated heterocycles. The minimum atomic E-state index is -0.0208. The van der Waals surface area contributed by atoms with E-state index in [1.54, 1.807) is 17.5 Å². The Balaban J connectivity index is 1.92. The number of carbonyl (C=O) groups excluding carboxylic acids is 1. The fourth-order valence-corrected chi connectivity index (χ4v) is 3.04. The number of nitrogens with zero attached hydrogens (tertiary/aromatic N) is 3. The molecule has 0 bridgehead atoms. The first-order chi connectivity index (χ1) is 10.6. The second kappa shape index (κ2) is 7.98. The van der Waals surface area contributed by atoms with Crippen LogP contribution in [0.1, 0.15) is 31.7 Å². The van der Waals surface area contributed by atoms with Crippen LogP contribution >= 0.6 is 11.3 Å². The predicted octanol–water partition coefficient (Wildman–Crippen LogP) is 3.03. The van der Waals surface area contributed by atoms with Crippen LogP contribution in [0.25, 0.3) is 0 Å². The molecule has 0 aliphatic heterocycles. The molecule has 2 aromatic rings. The molecule has 22 heavy (non-hydrogen) atoms. The molecule has 0 radical (unpaired) electrons.